The number of carboxylic acids is 2. The Kier molecular flexibility index (Phi) is 19.3. The molecule has 0 N–H and O–H groups in total. The monoisotopic (exact) mass is 230 g/mol. The van der Waals surface area contributed by atoms with Gasteiger partial charge in [0.05, 0.1) is 0 Å². The number of hydrogen-bond acceptors (Lipinski definition) is 4. The van der Waals surface area contributed by atoms with Crippen molar-refractivity contribution < 1.29 is 52.3 Å². The number of aliphatic carboxylic acids is 2. The summed E-state index contributed by atoms with van der Waals surface area (Å²) in [6, 6.07) is 0. The summed E-state index contributed by atoms with van der Waals surface area (Å²) in [6.07, 6.45) is 0. The minimum absolute atomic E-state index is 0. The average Bonchev–Trinajstić information content (AvgIpc) is 1.65. The Balaban J connectivity index is -0.0000000910. The first-order valence-corrected chi connectivity index (χ1v) is 2.77. The van der Waals surface area contributed by atoms with E-state index in [0.29, 0.717) is 0 Å². The van der Waals surface area contributed by atoms with Crippen LogP contribution in [-0.2, 0) is 42.1 Å². The van der Waals surface area contributed by atoms with Gasteiger partial charge in [-0.3, -0.25) is 0 Å². The maximum Gasteiger partial charge on any atom is 2.00 e. The summed E-state index contributed by atoms with van der Waals surface area (Å²) in [5, 5.41) is 18.0. The van der Waals surface area contributed by atoms with Crippen LogP contribution in [0.5, 0.6) is 0 Å². The molecule has 0 aliphatic heterocycles. The first kappa shape index (κ1) is 16.5. The molecular weight excluding hydrogens is 226 g/mol. The molecule has 0 saturated heterocycles. The fourth-order valence-electron chi connectivity index (χ4n) is 0. The normalized spacial score (nSPS) is 6.20. The van der Waals surface area contributed by atoms with Gasteiger partial charge in [-0.05, 0) is 6.92 Å². The van der Waals surface area contributed by atoms with Gasteiger partial charge >= 0.3 is 53.7 Å². The van der Waals surface area contributed by atoms with Crippen molar-refractivity contribution >= 4 is 11.9 Å². The third-order valence-electron chi connectivity index (χ3n) is 0.109. The second kappa shape index (κ2) is 11.7. The zero-order valence-electron chi connectivity index (χ0n) is 5.03. The van der Waals surface area contributed by atoms with Gasteiger partial charge in [0, 0.05) is 5.97 Å². The maximum absolute atomic E-state index is 9.21. The standard InChI is InChI=1S/C2H4O2.C2H3O2.Mn.Ni/c2*1-2(3)4;;/h1H3,(H,3,4);1H2,(H,3,4);;/q;;;+2/p-2. The number of carbonyl (C=O) groups excluding carboxylic acids is 2. The fourth-order valence-corrected chi connectivity index (χ4v) is 0. The summed E-state index contributed by atoms with van der Waals surface area (Å²) in [5.41, 5.74) is 0. The van der Waals surface area contributed by atoms with Gasteiger partial charge in [-0.1, -0.05) is 0 Å². The van der Waals surface area contributed by atoms with Gasteiger partial charge in [0.2, 0.25) is 0 Å². The molecule has 0 heterocycles. The molecule has 0 aromatic carbocycles. The molecule has 0 unspecified atom stereocenters. The van der Waals surface area contributed by atoms with Crippen molar-refractivity contribution in [1.29, 1.82) is 0 Å². The predicted molar refractivity (Wildman–Crippen MR) is 20.5 cm³/mol. The molecule has 0 aliphatic carbocycles. The van der Waals surface area contributed by atoms with E-state index in [9.17, 15) is 9.90 Å². The van der Waals surface area contributed by atoms with Crippen LogP contribution in [0.4, 0.5) is 0 Å². The van der Waals surface area contributed by atoms with Crippen LogP contribution in [0.2, 0.25) is 5.32 Å². The van der Waals surface area contributed by atoms with Crippen LogP contribution in [-0.4, -0.2) is 11.9 Å². The van der Waals surface area contributed by atoms with Crippen molar-refractivity contribution in [3.05, 3.63) is 0 Å². The molecule has 0 bridgehead atoms. The van der Waals surface area contributed by atoms with Crippen molar-refractivity contribution in [3.63, 3.8) is 0 Å². The van der Waals surface area contributed by atoms with Crippen molar-refractivity contribution in [1.82, 2.24) is 0 Å². The molecule has 6 heteroatoms. The quantitative estimate of drug-likeness (QED) is 0.465. The first-order chi connectivity index (χ1) is 4.00. The molecule has 0 rings (SSSR count). The van der Waals surface area contributed by atoms with Crippen LogP contribution >= 0.6 is 0 Å². The first-order valence-electron chi connectivity index (χ1n) is 1.94. The summed E-state index contributed by atoms with van der Waals surface area (Å²) >= 11 is 2.65. The fraction of sp³-hybridized carbons (Fsp3) is 0.500. The van der Waals surface area contributed by atoms with Gasteiger partial charge in [0.15, 0.2) is 0 Å². The van der Waals surface area contributed by atoms with Crippen molar-refractivity contribution in [2.45, 2.75) is 12.2 Å². The molecule has 0 aromatic rings. The van der Waals surface area contributed by atoms with Crippen LogP contribution in [0.15, 0.2) is 0 Å². The number of carboxylic acid groups (broad SMARTS) is 2. The number of rotatable bonds is 1. The van der Waals surface area contributed by atoms with E-state index in [1.54, 1.807) is 0 Å². The Hall–Kier alpha value is -0.0470. The molecule has 0 spiro atoms. The molecule has 4 nitrogen and oxygen atoms in total. The molecule has 0 aromatic heterocycles. The van der Waals surface area contributed by atoms with Crippen LogP contribution in [0.25, 0.3) is 0 Å². The van der Waals surface area contributed by atoms with Gasteiger partial charge in [-0.15, -0.1) is 0 Å². The SMILES string of the molecule is CC(=O)[O-].O=C([O-])[CH2][Mn].[Ni+2]. The molecule has 10 heavy (non-hydrogen) atoms. The smallest absolute Gasteiger partial charge is 2.00 e. The molecule has 62 valence electrons. The summed E-state index contributed by atoms with van der Waals surface area (Å²) in [6.45, 7) is 0.972. The topological polar surface area (TPSA) is 80.3 Å². The zero-order valence-corrected chi connectivity index (χ0v) is 7.20. The van der Waals surface area contributed by atoms with Crippen LogP contribution < -0.4 is 10.2 Å². The van der Waals surface area contributed by atoms with Crippen LogP contribution in [0.3, 0.4) is 0 Å². The van der Waals surface area contributed by atoms with Crippen molar-refractivity contribution in [3.8, 4) is 0 Å². The Labute approximate surface area is 76.7 Å². The van der Waals surface area contributed by atoms with E-state index in [1.165, 1.54) is 0 Å². The van der Waals surface area contributed by atoms with E-state index in [2.05, 4.69) is 16.0 Å². The van der Waals surface area contributed by atoms with Gasteiger partial charge in [0.1, 0.15) is 0 Å². The second-order valence-electron chi connectivity index (χ2n) is 0.997. The third kappa shape index (κ3) is 101. The zero-order chi connectivity index (χ0) is 7.86. The van der Waals surface area contributed by atoms with Gasteiger partial charge < -0.3 is 9.90 Å². The molecule has 0 fully saturated rings. The van der Waals surface area contributed by atoms with Crippen LogP contribution in [0, 0.1) is 0 Å². The number of hydrogen-bond donors (Lipinski definition) is 0. The van der Waals surface area contributed by atoms with Gasteiger partial charge in [0.25, 0.3) is 0 Å². The Morgan fingerprint density at radius 3 is 1.50 bits per heavy atom. The maximum atomic E-state index is 9.21. The van der Waals surface area contributed by atoms with E-state index in [0.717, 1.165) is 6.92 Å². The van der Waals surface area contributed by atoms with E-state index < -0.39 is 11.9 Å². The summed E-state index contributed by atoms with van der Waals surface area (Å²) < 4.78 is 0. The van der Waals surface area contributed by atoms with E-state index in [1.807, 2.05) is 0 Å². The molecule has 0 amide bonds. The Morgan fingerprint density at radius 1 is 1.40 bits per heavy atom. The van der Waals surface area contributed by atoms with Gasteiger partial charge in [-0.2, -0.15) is 0 Å². The third-order valence-corrected chi connectivity index (χ3v) is 0.450. The Morgan fingerprint density at radius 2 is 1.50 bits per heavy atom. The second-order valence-corrected chi connectivity index (χ2v) is 1.41. The summed E-state index contributed by atoms with van der Waals surface area (Å²) in [5.74, 6) is -2.16. The van der Waals surface area contributed by atoms with Crippen molar-refractivity contribution in [2.75, 3.05) is 0 Å². The Bertz CT molecular complexity index is 101. The minimum Gasteiger partial charge on any atom is 2.00 e. The van der Waals surface area contributed by atoms with E-state index in [-0.39, 0.29) is 21.8 Å². The molecule has 0 radical (unpaired) electrons. The largest absolute Gasteiger partial charge is 2.00 e. The number of carbonyl (C=O) groups is 2. The predicted octanol–water partition coefficient (Wildman–Crippen LogP) is -2.54. The summed E-state index contributed by atoms with van der Waals surface area (Å²) in [7, 11) is 0. The van der Waals surface area contributed by atoms with Crippen LogP contribution in [0.1, 0.15) is 6.92 Å². The van der Waals surface area contributed by atoms with E-state index in [4.69, 9.17) is 9.90 Å². The molecule has 0 saturated carbocycles. The molecule has 0 atom stereocenters. The van der Waals surface area contributed by atoms with Gasteiger partial charge in [-0.25, -0.2) is 0 Å². The molecule has 0 aliphatic rings. The van der Waals surface area contributed by atoms with Crippen molar-refractivity contribution in [2.24, 2.45) is 0 Å². The average molecular weight is 231 g/mol. The molecular formula is C4H5MnNiO4. The minimum atomic E-state index is -1.08. The summed E-state index contributed by atoms with van der Waals surface area (Å²) in [4.78, 5) is 18.1. The van der Waals surface area contributed by atoms with E-state index >= 15 is 0 Å².